The molecule has 0 aromatic carbocycles. The number of aliphatic hydroxyl groups excluding tert-OH is 1. The molecular weight excluding hydrogens is 246 g/mol. The molecule has 0 aliphatic heterocycles. The molecule has 0 bridgehead atoms. The Morgan fingerprint density at radius 2 is 1.79 bits per heavy atom. The third kappa shape index (κ3) is 4.20. The standard InChI is InChI=1S/C14H25NO4/c1-2-8-15(9-10-16)12(17)11-14(13(18)19)6-4-3-5-7-14/h16H,2-11H2,1H3,(H,18,19). The topological polar surface area (TPSA) is 77.8 Å². The fraction of sp³-hybridized carbons (Fsp3) is 0.857. The van der Waals surface area contributed by atoms with Gasteiger partial charge in [-0.3, -0.25) is 9.59 Å². The van der Waals surface area contributed by atoms with Crippen molar-refractivity contribution in [1.82, 2.24) is 4.90 Å². The molecule has 0 radical (unpaired) electrons. The molecule has 0 spiro atoms. The Labute approximate surface area is 114 Å². The smallest absolute Gasteiger partial charge is 0.310 e. The largest absolute Gasteiger partial charge is 0.481 e. The number of hydrogen-bond donors (Lipinski definition) is 2. The molecule has 1 aliphatic carbocycles. The zero-order valence-electron chi connectivity index (χ0n) is 11.7. The molecule has 110 valence electrons. The second kappa shape index (κ2) is 7.48. The van der Waals surface area contributed by atoms with Crippen LogP contribution in [0.15, 0.2) is 0 Å². The molecule has 0 unspecified atom stereocenters. The van der Waals surface area contributed by atoms with Crippen molar-refractivity contribution < 1.29 is 19.8 Å². The maximum absolute atomic E-state index is 12.3. The van der Waals surface area contributed by atoms with Gasteiger partial charge < -0.3 is 15.1 Å². The first-order valence-electron chi connectivity index (χ1n) is 7.18. The zero-order chi connectivity index (χ0) is 14.3. The van der Waals surface area contributed by atoms with E-state index < -0.39 is 11.4 Å². The van der Waals surface area contributed by atoms with Crippen LogP contribution >= 0.6 is 0 Å². The summed E-state index contributed by atoms with van der Waals surface area (Å²) in [5.74, 6) is -0.985. The van der Waals surface area contributed by atoms with Gasteiger partial charge in [0.15, 0.2) is 0 Å². The van der Waals surface area contributed by atoms with Gasteiger partial charge in [0.05, 0.1) is 12.0 Å². The van der Waals surface area contributed by atoms with Crippen molar-refractivity contribution in [1.29, 1.82) is 0 Å². The van der Waals surface area contributed by atoms with E-state index in [9.17, 15) is 14.7 Å². The summed E-state index contributed by atoms with van der Waals surface area (Å²) < 4.78 is 0. The Morgan fingerprint density at radius 3 is 2.26 bits per heavy atom. The summed E-state index contributed by atoms with van der Waals surface area (Å²) in [5.41, 5.74) is -0.878. The Balaban J connectivity index is 2.71. The average Bonchev–Trinajstić information content (AvgIpc) is 2.39. The summed E-state index contributed by atoms with van der Waals surface area (Å²) in [6.45, 7) is 2.76. The SMILES string of the molecule is CCCN(CCO)C(=O)CC1(C(=O)O)CCCCC1. The number of aliphatic hydroxyl groups is 1. The molecule has 0 aromatic rings. The van der Waals surface area contributed by atoms with Gasteiger partial charge in [0, 0.05) is 19.5 Å². The van der Waals surface area contributed by atoms with Crippen molar-refractivity contribution in [2.24, 2.45) is 5.41 Å². The highest BCUT2D eigenvalue weighted by atomic mass is 16.4. The number of carbonyl (C=O) groups is 2. The molecule has 0 aromatic heterocycles. The highest BCUT2D eigenvalue weighted by Gasteiger charge is 2.42. The normalized spacial score (nSPS) is 18.0. The van der Waals surface area contributed by atoms with Gasteiger partial charge in [0.2, 0.25) is 5.91 Å². The molecule has 5 heteroatoms. The van der Waals surface area contributed by atoms with E-state index >= 15 is 0 Å². The second-order valence-electron chi connectivity index (χ2n) is 5.43. The van der Waals surface area contributed by atoms with Crippen LogP contribution in [0, 0.1) is 5.41 Å². The van der Waals surface area contributed by atoms with Gasteiger partial charge in [0.25, 0.3) is 0 Å². The Hall–Kier alpha value is -1.10. The Kier molecular flexibility index (Phi) is 6.28. The molecule has 1 aliphatic rings. The van der Waals surface area contributed by atoms with E-state index in [4.69, 9.17) is 5.11 Å². The lowest BCUT2D eigenvalue weighted by atomic mass is 9.71. The second-order valence-corrected chi connectivity index (χ2v) is 5.43. The van der Waals surface area contributed by atoms with Crippen molar-refractivity contribution in [2.75, 3.05) is 19.7 Å². The maximum atomic E-state index is 12.3. The van der Waals surface area contributed by atoms with Gasteiger partial charge in [-0.25, -0.2) is 0 Å². The molecule has 1 amide bonds. The van der Waals surface area contributed by atoms with E-state index in [2.05, 4.69) is 0 Å². The van der Waals surface area contributed by atoms with Gasteiger partial charge >= 0.3 is 5.97 Å². The summed E-state index contributed by atoms with van der Waals surface area (Å²) >= 11 is 0. The predicted molar refractivity (Wildman–Crippen MR) is 71.7 cm³/mol. The lowest BCUT2D eigenvalue weighted by Crippen LogP contribution is -2.42. The highest BCUT2D eigenvalue weighted by molar-refractivity contribution is 5.85. The fourth-order valence-corrected chi connectivity index (χ4v) is 2.85. The van der Waals surface area contributed by atoms with E-state index in [-0.39, 0.29) is 18.9 Å². The lowest BCUT2D eigenvalue weighted by Gasteiger charge is -2.34. The van der Waals surface area contributed by atoms with Crippen molar-refractivity contribution in [3.8, 4) is 0 Å². The summed E-state index contributed by atoms with van der Waals surface area (Å²) in [7, 11) is 0. The van der Waals surface area contributed by atoms with Gasteiger partial charge in [-0.15, -0.1) is 0 Å². The van der Waals surface area contributed by atoms with E-state index in [1.54, 1.807) is 4.90 Å². The summed E-state index contributed by atoms with van der Waals surface area (Å²) in [5, 5.41) is 18.4. The van der Waals surface area contributed by atoms with Crippen LogP contribution in [-0.4, -0.2) is 46.7 Å². The molecule has 5 nitrogen and oxygen atoms in total. The summed E-state index contributed by atoms with van der Waals surface area (Å²) in [4.78, 5) is 25.4. The molecule has 1 rings (SSSR count). The minimum absolute atomic E-state index is 0.0718. The molecule has 0 saturated heterocycles. The number of carboxylic acid groups (broad SMARTS) is 1. The number of amides is 1. The van der Waals surface area contributed by atoms with Crippen LogP contribution in [-0.2, 0) is 9.59 Å². The van der Waals surface area contributed by atoms with E-state index in [0.29, 0.717) is 25.9 Å². The minimum Gasteiger partial charge on any atom is -0.481 e. The van der Waals surface area contributed by atoms with Crippen LogP contribution in [0.5, 0.6) is 0 Å². The zero-order valence-corrected chi connectivity index (χ0v) is 11.7. The van der Waals surface area contributed by atoms with Crippen molar-refractivity contribution in [2.45, 2.75) is 51.9 Å². The van der Waals surface area contributed by atoms with E-state index in [1.165, 1.54) is 0 Å². The van der Waals surface area contributed by atoms with Crippen molar-refractivity contribution in [3.63, 3.8) is 0 Å². The quantitative estimate of drug-likeness (QED) is 0.738. The molecule has 19 heavy (non-hydrogen) atoms. The highest BCUT2D eigenvalue weighted by Crippen LogP contribution is 2.40. The minimum atomic E-state index is -0.878. The molecule has 1 fully saturated rings. The maximum Gasteiger partial charge on any atom is 0.310 e. The summed E-state index contributed by atoms with van der Waals surface area (Å²) in [6, 6.07) is 0. The Bertz CT molecular complexity index is 305. The first-order chi connectivity index (χ1) is 9.05. The Morgan fingerprint density at radius 1 is 1.16 bits per heavy atom. The molecule has 1 saturated carbocycles. The van der Waals surface area contributed by atoms with Gasteiger partial charge in [-0.05, 0) is 19.3 Å². The van der Waals surface area contributed by atoms with Crippen LogP contribution in [0.3, 0.4) is 0 Å². The monoisotopic (exact) mass is 271 g/mol. The summed E-state index contributed by atoms with van der Waals surface area (Å²) in [6.07, 6.45) is 4.88. The lowest BCUT2D eigenvalue weighted by molar-refractivity contribution is -0.156. The van der Waals surface area contributed by atoms with E-state index in [1.807, 2.05) is 6.92 Å². The first-order valence-corrected chi connectivity index (χ1v) is 7.18. The van der Waals surface area contributed by atoms with Gasteiger partial charge in [-0.2, -0.15) is 0 Å². The van der Waals surface area contributed by atoms with E-state index in [0.717, 1.165) is 25.7 Å². The third-order valence-electron chi connectivity index (χ3n) is 3.97. The van der Waals surface area contributed by atoms with Crippen LogP contribution in [0.1, 0.15) is 51.9 Å². The molecular formula is C14H25NO4. The number of rotatable bonds is 7. The third-order valence-corrected chi connectivity index (χ3v) is 3.97. The number of hydrogen-bond acceptors (Lipinski definition) is 3. The van der Waals surface area contributed by atoms with Crippen LogP contribution in [0.25, 0.3) is 0 Å². The molecule has 0 heterocycles. The number of carbonyl (C=O) groups excluding carboxylic acids is 1. The van der Waals surface area contributed by atoms with Crippen LogP contribution < -0.4 is 0 Å². The molecule has 0 atom stereocenters. The average molecular weight is 271 g/mol. The van der Waals surface area contributed by atoms with Crippen molar-refractivity contribution >= 4 is 11.9 Å². The van der Waals surface area contributed by atoms with Crippen molar-refractivity contribution in [3.05, 3.63) is 0 Å². The van der Waals surface area contributed by atoms with Gasteiger partial charge in [0.1, 0.15) is 0 Å². The number of nitrogens with zero attached hydrogens (tertiary/aromatic N) is 1. The number of aliphatic carboxylic acids is 1. The fourth-order valence-electron chi connectivity index (χ4n) is 2.85. The first kappa shape index (κ1) is 16.0. The number of carboxylic acids is 1. The van der Waals surface area contributed by atoms with Crippen LogP contribution in [0.4, 0.5) is 0 Å². The van der Waals surface area contributed by atoms with Crippen LogP contribution in [0.2, 0.25) is 0 Å². The molecule has 2 N–H and O–H groups in total. The predicted octanol–water partition coefficient (Wildman–Crippen LogP) is 1.64. The van der Waals surface area contributed by atoms with Gasteiger partial charge in [-0.1, -0.05) is 26.2 Å².